The second-order valence-corrected chi connectivity index (χ2v) is 3.08. The zero-order valence-electron chi connectivity index (χ0n) is 8.40. The van der Waals surface area contributed by atoms with Gasteiger partial charge in [-0.05, 0) is 6.92 Å². The van der Waals surface area contributed by atoms with Crippen molar-refractivity contribution in [1.82, 2.24) is 4.98 Å². The first-order valence-electron chi connectivity index (χ1n) is 4.43. The molecule has 0 aliphatic rings. The lowest BCUT2D eigenvalue weighted by Crippen LogP contribution is -1.97. The lowest BCUT2D eigenvalue weighted by molar-refractivity contribution is 0.0645. The summed E-state index contributed by atoms with van der Waals surface area (Å²) in [5.74, 6) is -1.22. The van der Waals surface area contributed by atoms with Crippen LogP contribution in [0.2, 0.25) is 0 Å². The number of aromatic nitrogens is 1. The van der Waals surface area contributed by atoms with Crippen molar-refractivity contribution >= 4 is 5.97 Å². The van der Waals surface area contributed by atoms with E-state index in [2.05, 4.69) is 4.98 Å². The second-order valence-electron chi connectivity index (χ2n) is 3.08. The van der Waals surface area contributed by atoms with Crippen LogP contribution < -0.4 is 4.74 Å². The minimum Gasteiger partial charge on any atom is -0.474 e. The number of carboxylic acid groups (broad SMARTS) is 1. The molecule has 0 amide bonds. The van der Waals surface area contributed by atoms with E-state index in [0.717, 1.165) is 0 Å². The molecular weight excluding hydrogens is 186 g/mol. The molecule has 0 saturated carbocycles. The van der Waals surface area contributed by atoms with Gasteiger partial charge in [0, 0.05) is 5.92 Å². The van der Waals surface area contributed by atoms with Crippen LogP contribution in [0.5, 0.6) is 5.95 Å². The summed E-state index contributed by atoms with van der Waals surface area (Å²) < 4.78 is 10.1. The number of ether oxygens (including phenoxy) is 1. The van der Waals surface area contributed by atoms with Gasteiger partial charge in [-0.3, -0.25) is 0 Å². The molecule has 0 bridgehead atoms. The minimum atomic E-state index is -1.18. The Kier molecular flexibility index (Phi) is 3.11. The van der Waals surface area contributed by atoms with Crippen LogP contribution in [0.3, 0.4) is 0 Å². The number of hydrogen-bond donors (Lipinski definition) is 1. The molecule has 0 aliphatic carbocycles. The fourth-order valence-electron chi connectivity index (χ4n) is 1.01. The molecule has 0 aliphatic heterocycles. The molecule has 14 heavy (non-hydrogen) atoms. The largest absolute Gasteiger partial charge is 0.474 e. The number of carboxylic acids is 1. The third-order valence-electron chi connectivity index (χ3n) is 1.63. The Morgan fingerprint density at radius 1 is 1.64 bits per heavy atom. The number of oxazole rings is 1. The molecule has 0 aromatic carbocycles. The molecule has 0 radical (unpaired) electrons. The summed E-state index contributed by atoms with van der Waals surface area (Å²) in [6.45, 7) is 6.01. The molecule has 0 saturated heterocycles. The van der Waals surface area contributed by atoms with Crippen LogP contribution in [-0.2, 0) is 0 Å². The Balaban J connectivity index is 3.05. The molecule has 1 rings (SSSR count). The lowest BCUT2D eigenvalue weighted by Gasteiger charge is -2.02. The van der Waals surface area contributed by atoms with Crippen LogP contribution in [0.4, 0.5) is 0 Å². The van der Waals surface area contributed by atoms with Gasteiger partial charge in [-0.1, -0.05) is 13.8 Å². The van der Waals surface area contributed by atoms with E-state index in [4.69, 9.17) is 14.3 Å². The molecule has 0 fully saturated rings. The quantitative estimate of drug-likeness (QED) is 0.801. The standard InChI is InChI=1S/C9H13NO4/c1-4-13-9-6(5(2)3)10-7(14-9)8(11)12/h5H,4H2,1-3H3,(H,11,12). The van der Waals surface area contributed by atoms with Gasteiger partial charge in [0.05, 0.1) is 6.61 Å². The maximum absolute atomic E-state index is 10.6. The molecule has 1 N–H and O–H groups in total. The maximum atomic E-state index is 10.6. The average Bonchev–Trinajstić information content (AvgIpc) is 2.49. The predicted molar refractivity (Wildman–Crippen MR) is 48.7 cm³/mol. The van der Waals surface area contributed by atoms with Gasteiger partial charge in [0.25, 0.3) is 0 Å². The van der Waals surface area contributed by atoms with Crippen LogP contribution in [0.25, 0.3) is 0 Å². The van der Waals surface area contributed by atoms with Gasteiger partial charge >= 0.3 is 17.8 Å². The molecular formula is C9H13NO4. The topological polar surface area (TPSA) is 72.6 Å². The van der Waals surface area contributed by atoms with E-state index < -0.39 is 5.97 Å². The molecule has 78 valence electrons. The summed E-state index contributed by atoms with van der Waals surface area (Å²) in [5.41, 5.74) is 0.546. The highest BCUT2D eigenvalue weighted by atomic mass is 16.6. The highest BCUT2D eigenvalue weighted by Crippen LogP contribution is 2.26. The van der Waals surface area contributed by atoms with E-state index >= 15 is 0 Å². The first kappa shape index (κ1) is 10.6. The summed E-state index contributed by atoms with van der Waals surface area (Å²) >= 11 is 0. The normalized spacial score (nSPS) is 10.6. The van der Waals surface area contributed by atoms with Crippen molar-refractivity contribution in [3.63, 3.8) is 0 Å². The zero-order valence-corrected chi connectivity index (χ0v) is 8.40. The monoisotopic (exact) mass is 199 g/mol. The van der Waals surface area contributed by atoms with E-state index in [1.54, 1.807) is 6.92 Å². The lowest BCUT2D eigenvalue weighted by atomic mass is 10.1. The van der Waals surface area contributed by atoms with Crippen molar-refractivity contribution in [2.24, 2.45) is 0 Å². The van der Waals surface area contributed by atoms with Gasteiger partial charge < -0.3 is 14.3 Å². The molecule has 5 heteroatoms. The maximum Gasteiger partial charge on any atom is 0.392 e. The summed E-state index contributed by atoms with van der Waals surface area (Å²) in [6.07, 6.45) is 0. The fourth-order valence-corrected chi connectivity index (χ4v) is 1.01. The van der Waals surface area contributed by atoms with Gasteiger partial charge in [0.1, 0.15) is 5.69 Å². The Morgan fingerprint density at radius 2 is 2.29 bits per heavy atom. The Hall–Kier alpha value is -1.52. The molecule has 0 spiro atoms. The van der Waals surface area contributed by atoms with Crippen LogP contribution in [0.15, 0.2) is 4.42 Å². The summed E-state index contributed by atoms with van der Waals surface area (Å²) in [4.78, 5) is 14.4. The summed E-state index contributed by atoms with van der Waals surface area (Å²) in [6, 6.07) is 0. The molecule has 1 aromatic rings. The average molecular weight is 199 g/mol. The van der Waals surface area contributed by atoms with Crippen molar-refractivity contribution in [2.75, 3.05) is 6.61 Å². The molecule has 1 aromatic heterocycles. The predicted octanol–water partition coefficient (Wildman–Crippen LogP) is 1.89. The highest BCUT2D eigenvalue weighted by Gasteiger charge is 2.20. The third-order valence-corrected chi connectivity index (χ3v) is 1.63. The Morgan fingerprint density at radius 3 is 2.71 bits per heavy atom. The third kappa shape index (κ3) is 2.04. The van der Waals surface area contributed by atoms with E-state index in [1.807, 2.05) is 13.8 Å². The van der Waals surface area contributed by atoms with Gasteiger partial charge in [-0.15, -0.1) is 0 Å². The number of nitrogens with zero attached hydrogens (tertiary/aromatic N) is 1. The van der Waals surface area contributed by atoms with Crippen molar-refractivity contribution in [3.05, 3.63) is 11.6 Å². The summed E-state index contributed by atoms with van der Waals surface area (Å²) in [7, 11) is 0. The van der Waals surface area contributed by atoms with Crippen molar-refractivity contribution in [3.8, 4) is 5.95 Å². The SMILES string of the molecule is CCOc1oc(C(=O)O)nc1C(C)C. The summed E-state index contributed by atoms with van der Waals surface area (Å²) in [5, 5.41) is 8.66. The van der Waals surface area contributed by atoms with E-state index in [9.17, 15) is 4.79 Å². The van der Waals surface area contributed by atoms with Crippen molar-refractivity contribution < 1.29 is 19.1 Å². The fraction of sp³-hybridized carbons (Fsp3) is 0.556. The van der Waals surface area contributed by atoms with Crippen molar-refractivity contribution in [1.29, 1.82) is 0 Å². The number of carbonyl (C=O) groups is 1. The van der Waals surface area contributed by atoms with Gasteiger partial charge in [-0.2, -0.15) is 0 Å². The molecule has 0 atom stereocenters. The first-order valence-corrected chi connectivity index (χ1v) is 4.43. The number of aromatic carboxylic acids is 1. The number of rotatable bonds is 4. The van der Waals surface area contributed by atoms with Crippen LogP contribution >= 0.6 is 0 Å². The molecule has 5 nitrogen and oxygen atoms in total. The Labute approximate surface area is 81.7 Å². The van der Waals surface area contributed by atoms with Crippen LogP contribution in [0.1, 0.15) is 43.1 Å². The van der Waals surface area contributed by atoms with Gasteiger partial charge in [0.2, 0.25) is 0 Å². The smallest absolute Gasteiger partial charge is 0.392 e. The van der Waals surface area contributed by atoms with E-state index in [0.29, 0.717) is 12.3 Å². The van der Waals surface area contributed by atoms with Crippen LogP contribution in [0, 0.1) is 0 Å². The van der Waals surface area contributed by atoms with Gasteiger partial charge in [0.15, 0.2) is 0 Å². The number of hydrogen-bond acceptors (Lipinski definition) is 4. The minimum absolute atomic E-state index is 0.0772. The van der Waals surface area contributed by atoms with E-state index in [-0.39, 0.29) is 17.8 Å². The zero-order chi connectivity index (χ0) is 10.7. The van der Waals surface area contributed by atoms with E-state index in [1.165, 1.54) is 0 Å². The highest BCUT2D eigenvalue weighted by molar-refractivity contribution is 5.82. The molecule has 0 unspecified atom stereocenters. The van der Waals surface area contributed by atoms with Crippen molar-refractivity contribution in [2.45, 2.75) is 26.7 Å². The van der Waals surface area contributed by atoms with Gasteiger partial charge in [-0.25, -0.2) is 9.78 Å². The Bertz CT molecular complexity index is 330. The van der Waals surface area contributed by atoms with Crippen LogP contribution in [-0.4, -0.2) is 22.7 Å². The second kappa shape index (κ2) is 4.13. The first-order chi connectivity index (χ1) is 6.56. The molecule has 1 heterocycles.